The van der Waals surface area contributed by atoms with Crippen LogP contribution in [0.25, 0.3) is 0 Å². The molecule has 0 atom stereocenters. The van der Waals surface area contributed by atoms with E-state index >= 15 is 0 Å². The van der Waals surface area contributed by atoms with Gasteiger partial charge in [0.15, 0.2) is 0 Å². The summed E-state index contributed by atoms with van der Waals surface area (Å²) in [5.74, 6) is 0.567. The number of hydrogen-bond donors (Lipinski definition) is 1. The van der Waals surface area contributed by atoms with Crippen LogP contribution in [-0.4, -0.2) is 47.4 Å². The van der Waals surface area contributed by atoms with Crippen LogP contribution >= 0.6 is 0 Å². The predicted molar refractivity (Wildman–Crippen MR) is 73.9 cm³/mol. The van der Waals surface area contributed by atoms with E-state index in [0.717, 1.165) is 12.8 Å². The van der Waals surface area contributed by atoms with Gasteiger partial charge < -0.3 is 14.7 Å². The number of aliphatic hydroxyl groups excluding tert-OH is 1. The monoisotopic (exact) mass is 292 g/mol. The van der Waals surface area contributed by atoms with Crippen molar-refractivity contribution in [2.24, 2.45) is 0 Å². The number of piperidine rings is 1. The Bertz CT molecular complexity index is 550. The maximum atomic E-state index is 10.8. The topological polar surface area (TPSA) is 113 Å². The minimum absolute atomic E-state index is 0.00958. The molecule has 112 valence electrons. The summed E-state index contributed by atoms with van der Waals surface area (Å²) in [4.78, 5) is 16.2. The molecule has 1 N–H and O–H groups in total. The molecule has 2 rings (SSSR count). The van der Waals surface area contributed by atoms with E-state index in [1.165, 1.54) is 6.07 Å². The van der Waals surface area contributed by atoms with E-state index in [-0.39, 0.29) is 24.1 Å². The third-order valence-corrected chi connectivity index (χ3v) is 3.37. The lowest BCUT2D eigenvalue weighted by Gasteiger charge is -2.32. The molecule has 1 saturated heterocycles. The Hall–Kier alpha value is -2.24. The molecule has 0 aromatic carbocycles. The number of nitro groups is 1. The molecule has 0 bridgehead atoms. The van der Waals surface area contributed by atoms with Crippen molar-refractivity contribution in [3.63, 3.8) is 0 Å². The van der Waals surface area contributed by atoms with Crippen molar-refractivity contribution in [3.05, 3.63) is 27.9 Å². The van der Waals surface area contributed by atoms with Crippen LogP contribution in [0.1, 0.15) is 18.5 Å². The van der Waals surface area contributed by atoms with E-state index in [1.54, 1.807) is 12.1 Å². The van der Waals surface area contributed by atoms with Crippen LogP contribution in [0.2, 0.25) is 0 Å². The van der Waals surface area contributed by atoms with Gasteiger partial charge in [-0.2, -0.15) is 5.26 Å². The third kappa shape index (κ3) is 3.65. The summed E-state index contributed by atoms with van der Waals surface area (Å²) in [5.41, 5.74) is -0.446. The summed E-state index contributed by atoms with van der Waals surface area (Å²) in [6.45, 7) is 1.74. The van der Waals surface area contributed by atoms with Gasteiger partial charge in [-0.25, -0.2) is 4.98 Å². The second-order valence-electron chi connectivity index (χ2n) is 4.69. The molecule has 1 aromatic rings. The molecule has 1 aliphatic heterocycles. The van der Waals surface area contributed by atoms with Gasteiger partial charge in [-0.15, -0.1) is 0 Å². The third-order valence-electron chi connectivity index (χ3n) is 3.37. The zero-order chi connectivity index (χ0) is 15.2. The molecule has 1 fully saturated rings. The SMILES string of the molecule is N#Cc1nc(N2CCC(OCCO)CC2)ccc1[N+](=O)[O-]. The number of hydrogen-bond acceptors (Lipinski definition) is 7. The summed E-state index contributed by atoms with van der Waals surface area (Å²) in [5, 5.41) is 28.4. The lowest BCUT2D eigenvalue weighted by atomic mass is 10.1. The van der Waals surface area contributed by atoms with Crippen molar-refractivity contribution in [2.45, 2.75) is 18.9 Å². The Balaban J connectivity index is 2.04. The highest BCUT2D eigenvalue weighted by atomic mass is 16.6. The summed E-state index contributed by atoms with van der Waals surface area (Å²) in [6.07, 6.45) is 1.70. The minimum Gasteiger partial charge on any atom is -0.394 e. The molecule has 0 unspecified atom stereocenters. The Labute approximate surface area is 121 Å². The van der Waals surface area contributed by atoms with Gasteiger partial charge in [-0.3, -0.25) is 10.1 Å². The van der Waals surface area contributed by atoms with Crippen LogP contribution in [0.15, 0.2) is 12.1 Å². The Kier molecular flexibility index (Phi) is 5.03. The van der Waals surface area contributed by atoms with E-state index in [0.29, 0.717) is 25.5 Å². The molecule has 8 heteroatoms. The second-order valence-corrected chi connectivity index (χ2v) is 4.69. The summed E-state index contributed by atoms with van der Waals surface area (Å²) in [7, 11) is 0. The molecule has 0 amide bonds. The highest BCUT2D eigenvalue weighted by molar-refractivity contribution is 5.51. The molecular weight excluding hydrogens is 276 g/mol. The van der Waals surface area contributed by atoms with Crippen molar-refractivity contribution < 1.29 is 14.8 Å². The van der Waals surface area contributed by atoms with Crippen molar-refractivity contribution in [3.8, 4) is 6.07 Å². The van der Waals surface area contributed by atoms with E-state index < -0.39 is 4.92 Å². The van der Waals surface area contributed by atoms with Crippen molar-refractivity contribution in [2.75, 3.05) is 31.2 Å². The number of nitriles is 1. The highest BCUT2D eigenvalue weighted by Gasteiger charge is 2.23. The number of ether oxygens (including phenoxy) is 1. The van der Waals surface area contributed by atoms with Gasteiger partial charge in [0.05, 0.1) is 24.2 Å². The van der Waals surface area contributed by atoms with Gasteiger partial charge in [0.25, 0.3) is 0 Å². The van der Waals surface area contributed by atoms with Crippen LogP contribution in [0.3, 0.4) is 0 Å². The zero-order valence-electron chi connectivity index (χ0n) is 11.4. The average Bonchev–Trinajstić information content (AvgIpc) is 2.52. The van der Waals surface area contributed by atoms with E-state index in [1.807, 2.05) is 4.90 Å². The normalized spacial score (nSPS) is 15.7. The van der Waals surface area contributed by atoms with Crippen molar-refractivity contribution in [1.82, 2.24) is 4.98 Å². The Morgan fingerprint density at radius 2 is 2.24 bits per heavy atom. The standard InChI is InChI=1S/C13H16N4O4/c14-9-11-12(17(19)20)1-2-13(15-11)16-5-3-10(4-6-16)21-8-7-18/h1-2,10,18H,3-8H2. The Morgan fingerprint density at radius 3 is 2.81 bits per heavy atom. The van der Waals surface area contributed by atoms with Crippen LogP contribution in [0.5, 0.6) is 0 Å². The fourth-order valence-corrected chi connectivity index (χ4v) is 2.32. The number of aromatic nitrogens is 1. The first-order valence-electron chi connectivity index (χ1n) is 6.68. The molecular formula is C13H16N4O4. The molecule has 21 heavy (non-hydrogen) atoms. The fourth-order valence-electron chi connectivity index (χ4n) is 2.32. The first kappa shape index (κ1) is 15.2. The summed E-state index contributed by atoms with van der Waals surface area (Å²) in [6, 6.07) is 4.64. The number of rotatable bonds is 5. The Morgan fingerprint density at radius 1 is 1.52 bits per heavy atom. The molecule has 0 aliphatic carbocycles. The van der Waals surface area contributed by atoms with Gasteiger partial charge in [0.2, 0.25) is 5.69 Å². The molecule has 0 spiro atoms. The van der Waals surface area contributed by atoms with Gasteiger partial charge in [0.1, 0.15) is 11.9 Å². The number of pyridine rings is 1. The average molecular weight is 292 g/mol. The van der Waals surface area contributed by atoms with E-state index in [4.69, 9.17) is 15.1 Å². The molecule has 2 heterocycles. The highest BCUT2D eigenvalue weighted by Crippen LogP contribution is 2.24. The lowest BCUT2D eigenvalue weighted by Crippen LogP contribution is -2.37. The molecule has 1 aromatic heterocycles. The lowest BCUT2D eigenvalue weighted by molar-refractivity contribution is -0.385. The quantitative estimate of drug-likeness (QED) is 0.632. The van der Waals surface area contributed by atoms with E-state index in [2.05, 4.69) is 4.98 Å². The largest absolute Gasteiger partial charge is 0.394 e. The summed E-state index contributed by atoms with van der Waals surface area (Å²) >= 11 is 0. The van der Waals surface area contributed by atoms with Crippen LogP contribution in [0, 0.1) is 21.4 Å². The van der Waals surface area contributed by atoms with Crippen molar-refractivity contribution in [1.29, 1.82) is 5.26 Å². The van der Waals surface area contributed by atoms with Gasteiger partial charge in [-0.05, 0) is 18.9 Å². The van der Waals surface area contributed by atoms with Gasteiger partial charge >= 0.3 is 5.69 Å². The van der Waals surface area contributed by atoms with Gasteiger partial charge in [0, 0.05) is 19.2 Å². The first-order chi connectivity index (χ1) is 10.2. The van der Waals surface area contributed by atoms with Gasteiger partial charge in [-0.1, -0.05) is 0 Å². The fraction of sp³-hybridized carbons (Fsp3) is 0.538. The molecule has 0 radical (unpaired) electrons. The second kappa shape index (κ2) is 6.97. The molecule has 0 saturated carbocycles. The number of nitrogens with zero attached hydrogens (tertiary/aromatic N) is 4. The van der Waals surface area contributed by atoms with Crippen LogP contribution in [-0.2, 0) is 4.74 Å². The number of anilines is 1. The summed E-state index contributed by atoms with van der Waals surface area (Å²) < 4.78 is 5.47. The van der Waals surface area contributed by atoms with Crippen LogP contribution < -0.4 is 4.90 Å². The van der Waals surface area contributed by atoms with E-state index in [9.17, 15) is 10.1 Å². The van der Waals surface area contributed by atoms with Crippen molar-refractivity contribution >= 4 is 11.5 Å². The van der Waals surface area contributed by atoms with Crippen LogP contribution in [0.4, 0.5) is 11.5 Å². The minimum atomic E-state index is -0.607. The number of aliphatic hydroxyl groups is 1. The predicted octanol–water partition coefficient (Wildman–Crippen LogP) is 0.839. The smallest absolute Gasteiger partial charge is 0.305 e. The maximum Gasteiger partial charge on any atom is 0.305 e. The molecule has 1 aliphatic rings. The zero-order valence-corrected chi connectivity index (χ0v) is 11.4. The maximum absolute atomic E-state index is 10.8. The molecule has 8 nitrogen and oxygen atoms in total. The first-order valence-corrected chi connectivity index (χ1v) is 6.68.